The summed E-state index contributed by atoms with van der Waals surface area (Å²) >= 11 is 0. The number of ether oxygens (including phenoxy) is 1. The molecule has 0 aliphatic rings. The Morgan fingerprint density at radius 3 is 1.78 bits per heavy atom. The van der Waals surface area contributed by atoms with E-state index in [0.29, 0.717) is 0 Å². The van der Waals surface area contributed by atoms with Gasteiger partial charge in [0.25, 0.3) is 0 Å². The Labute approximate surface area is 126 Å². The van der Waals surface area contributed by atoms with Crippen LogP contribution < -0.4 is 29.6 Å². The number of hydrogen-bond donors (Lipinski definition) is 1. The Morgan fingerprint density at radius 1 is 1.22 bits per heavy atom. The third kappa shape index (κ3) is 4.39. The van der Waals surface area contributed by atoms with Crippen LogP contribution >= 0.6 is 0 Å². The van der Waals surface area contributed by atoms with Crippen molar-refractivity contribution < 1.29 is 65.9 Å². The molecule has 1 N–H and O–H groups in total. The van der Waals surface area contributed by atoms with Crippen LogP contribution in [-0.4, -0.2) is 40.5 Å². The van der Waals surface area contributed by atoms with E-state index in [0.717, 1.165) is 13.8 Å². The zero-order valence-electron chi connectivity index (χ0n) is 10.7. The molecule has 0 atom stereocenters. The van der Waals surface area contributed by atoms with E-state index in [-0.39, 0.29) is 29.6 Å². The van der Waals surface area contributed by atoms with Crippen molar-refractivity contribution in [1.29, 1.82) is 0 Å². The van der Waals surface area contributed by atoms with E-state index in [9.17, 15) is 31.7 Å². The van der Waals surface area contributed by atoms with Crippen LogP contribution in [0.3, 0.4) is 0 Å². The quantitative estimate of drug-likeness (QED) is 0.342. The molecule has 0 heterocycles. The fourth-order valence-corrected chi connectivity index (χ4v) is 0.764. The molecule has 102 valence electrons. The smallest absolute Gasteiger partial charge is 0.743 e. The molecule has 0 saturated carbocycles. The summed E-state index contributed by atoms with van der Waals surface area (Å²) in [5.74, 6) is -2.51. The molecule has 0 aromatic carbocycles. The second-order valence-electron chi connectivity index (χ2n) is 4.43. The third-order valence-electron chi connectivity index (χ3n) is 2.37. The molecule has 0 fully saturated rings. The first-order chi connectivity index (χ1) is 7.13. The third-order valence-corrected chi connectivity index (χ3v) is 3.17. The Hall–Kier alpha value is 0.200. The zero-order chi connectivity index (χ0) is 14.3. The molecule has 0 bridgehead atoms. The molecule has 0 amide bonds. The van der Waals surface area contributed by atoms with Gasteiger partial charge in [-0.05, 0) is 27.7 Å². The second-order valence-corrected chi connectivity index (χ2v) is 5.85. The van der Waals surface area contributed by atoms with Crippen molar-refractivity contribution in [2.45, 2.75) is 44.2 Å². The van der Waals surface area contributed by atoms with Crippen molar-refractivity contribution >= 4 is 16.1 Å². The minimum Gasteiger partial charge on any atom is -0.743 e. The molecule has 6 nitrogen and oxygen atoms in total. The number of carbonyl (C=O) groups excluding carboxylic acids is 1. The van der Waals surface area contributed by atoms with E-state index in [2.05, 4.69) is 4.74 Å². The van der Waals surface area contributed by atoms with Crippen molar-refractivity contribution in [1.82, 2.24) is 0 Å². The molecule has 18 heavy (non-hydrogen) atoms. The molecule has 0 aromatic rings. The van der Waals surface area contributed by atoms with Gasteiger partial charge < -0.3 is 14.4 Å². The molecular weight excluding hydrogens is 285 g/mol. The molecular formula is C8H13F2NaO6S. The van der Waals surface area contributed by atoms with Gasteiger partial charge in [-0.2, -0.15) is 8.78 Å². The average Bonchev–Trinajstić information content (AvgIpc) is 1.98. The van der Waals surface area contributed by atoms with Gasteiger partial charge in [-0.15, -0.1) is 0 Å². The first-order valence-corrected chi connectivity index (χ1v) is 5.83. The van der Waals surface area contributed by atoms with Gasteiger partial charge in [0.05, 0.1) is 5.60 Å². The predicted molar refractivity (Wildman–Crippen MR) is 51.1 cm³/mol. The summed E-state index contributed by atoms with van der Waals surface area (Å²) < 4.78 is 60.2. The van der Waals surface area contributed by atoms with E-state index in [1.165, 1.54) is 13.8 Å². The molecule has 10 heteroatoms. The van der Waals surface area contributed by atoms with Gasteiger partial charge in [-0.1, -0.05) is 0 Å². The van der Waals surface area contributed by atoms with Gasteiger partial charge in [0, 0.05) is 0 Å². The first kappa shape index (κ1) is 20.5. The van der Waals surface area contributed by atoms with Gasteiger partial charge in [0.15, 0.2) is 10.1 Å². The van der Waals surface area contributed by atoms with Crippen LogP contribution in [0.25, 0.3) is 0 Å². The Kier molecular flexibility index (Phi) is 6.47. The number of alkyl halides is 2. The summed E-state index contributed by atoms with van der Waals surface area (Å²) in [5.41, 5.74) is -3.50. The number of esters is 1. The predicted octanol–water partition coefficient (Wildman–Crippen LogP) is -2.78. The number of halogens is 2. The molecule has 0 radical (unpaired) electrons. The molecule has 0 spiro atoms. The summed E-state index contributed by atoms with van der Waals surface area (Å²) in [6.07, 6.45) is 0. The first-order valence-electron chi connectivity index (χ1n) is 4.42. The number of carbonyl (C=O) groups is 1. The minimum absolute atomic E-state index is 0. The van der Waals surface area contributed by atoms with E-state index in [4.69, 9.17) is 0 Å². The fraction of sp³-hybridized carbons (Fsp3) is 0.875. The molecule has 0 rings (SSSR count). The Morgan fingerprint density at radius 2 is 1.56 bits per heavy atom. The van der Waals surface area contributed by atoms with Crippen molar-refractivity contribution in [3.63, 3.8) is 0 Å². The standard InChI is InChI=1S/C8H14F2O6S.Na/c1-6(2,12)7(3,4)16-5(11)8(9,10)17(13,14)15;/h12H,1-4H3,(H,13,14,15);/q;+1/p-1. The van der Waals surface area contributed by atoms with Gasteiger partial charge in [-0.3, -0.25) is 0 Å². The van der Waals surface area contributed by atoms with E-state index < -0.39 is 32.5 Å². The molecule has 0 saturated heterocycles. The molecule has 0 unspecified atom stereocenters. The number of hydrogen-bond acceptors (Lipinski definition) is 6. The van der Waals surface area contributed by atoms with Gasteiger partial charge in [0.2, 0.25) is 0 Å². The van der Waals surface area contributed by atoms with Gasteiger partial charge >= 0.3 is 40.8 Å². The van der Waals surface area contributed by atoms with E-state index in [1.807, 2.05) is 0 Å². The van der Waals surface area contributed by atoms with Crippen LogP contribution in [0.2, 0.25) is 0 Å². The van der Waals surface area contributed by atoms with Gasteiger partial charge in [0.1, 0.15) is 5.60 Å². The van der Waals surface area contributed by atoms with Crippen LogP contribution in [0.1, 0.15) is 27.7 Å². The number of rotatable bonds is 4. The summed E-state index contributed by atoms with van der Waals surface area (Å²) in [6, 6.07) is 0. The zero-order valence-corrected chi connectivity index (χ0v) is 13.5. The maximum Gasteiger partial charge on any atom is 1.00 e. The van der Waals surface area contributed by atoms with Crippen LogP contribution in [0.15, 0.2) is 0 Å². The summed E-state index contributed by atoms with van der Waals surface area (Å²) in [4.78, 5) is 10.9. The van der Waals surface area contributed by atoms with Crippen LogP contribution in [-0.2, 0) is 19.6 Å². The molecule has 0 aromatic heterocycles. The van der Waals surface area contributed by atoms with Crippen molar-refractivity contribution in [2.24, 2.45) is 0 Å². The maximum absolute atomic E-state index is 12.8. The van der Waals surface area contributed by atoms with Crippen LogP contribution in [0.5, 0.6) is 0 Å². The fourth-order valence-electron chi connectivity index (χ4n) is 0.518. The topological polar surface area (TPSA) is 104 Å². The average molecular weight is 298 g/mol. The normalized spacial score (nSPS) is 13.8. The van der Waals surface area contributed by atoms with Crippen molar-refractivity contribution in [2.75, 3.05) is 0 Å². The summed E-state index contributed by atoms with van der Waals surface area (Å²) in [5, 5.41) is 4.33. The van der Waals surface area contributed by atoms with Crippen LogP contribution in [0.4, 0.5) is 8.78 Å². The summed E-state index contributed by atoms with van der Waals surface area (Å²) in [7, 11) is -6.16. The number of aliphatic hydroxyl groups is 1. The summed E-state index contributed by atoms with van der Waals surface area (Å²) in [6.45, 7) is 4.53. The maximum atomic E-state index is 12.8. The van der Waals surface area contributed by atoms with Crippen molar-refractivity contribution in [3.05, 3.63) is 0 Å². The largest absolute Gasteiger partial charge is 1.00 e. The van der Waals surface area contributed by atoms with Crippen LogP contribution in [0, 0.1) is 0 Å². The Bertz CT molecular complexity index is 412. The monoisotopic (exact) mass is 298 g/mol. The molecule has 0 aliphatic heterocycles. The van der Waals surface area contributed by atoms with Gasteiger partial charge in [-0.25, -0.2) is 13.2 Å². The van der Waals surface area contributed by atoms with E-state index in [1.54, 1.807) is 0 Å². The second kappa shape index (κ2) is 5.68. The minimum atomic E-state index is -6.16. The molecule has 0 aliphatic carbocycles. The van der Waals surface area contributed by atoms with Crippen molar-refractivity contribution in [3.8, 4) is 0 Å². The SMILES string of the molecule is CC(C)(O)C(C)(C)OC(=O)C(F)(F)S(=O)(=O)[O-].[Na+]. The Balaban J connectivity index is 0. The van der Waals surface area contributed by atoms with E-state index >= 15 is 0 Å².